The average molecular weight is 224 g/mol. The summed E-state index contributed by atoms with van der Waals surface area (Å²) in [6.45, 7) is 0. The summed E-state index contributed by atoms with van der Waals surface area (Å²) in [7, 11) is 0. The number of aromatic nitrogens is 1. The molecule has 0 aliphatic carbocycles. The van der Waals surface area contributed by atoms with Crippen LogP contribution in [0.15, 0.2) is 60.9 Å². The summed E-state index contributed by atoms with van der Waals surface area (Å²) in [5.41, 5.74) is 2.03. The first-order valence-electron chi connectivity index (χ1n) is 5.62. The molecule has 1 radical (unpaired) electrons. The van der Waals surface area contributed by atoms with Crippen molar-refractivity contribution in [3.8, 4) is 0 Å². The molecular weight excluding hydrogens is 210 g/mol. The molecule has 0 aliphatic rings. The highest BCUT2D eigenvalue weighted by molar-refractivity contribution is 5.49. The van der Waals surface area contributed by atoms with Crippen molar-refractivity contribution in [3.63, 3.8) is 0 Å². The van der Waals surface area contributed by atoms with E-state index in [-0.39, 0.29) is 0 Å². The molecule has 0 spiro atoms. The van der Waals surface area contributed by atoms with E-state index in [0.29, 0.717) is 6.42 Å². The molecular formula is C15H14NO. The number of pyridine rings is 1. The highest BCUT2D eigenvalue weighted by atomic mass is 16.3. The Hall–Kier alpha value is -1.93. The van der Waals surface area contributed by atoms with Crippen molar-refractivity contribution in [2.75, 3.05) is 0 Å². The van der Waals surface area contributed by atoms with Crippen LogP contribution in [0.25, 0.3) is 6.08 Å². The van der Waals surface area contributed by atoms with E-state index in [4.69, 9.17) is 0 Å². The van der Waals surface area contributed by atoms with Crippen molar-refractivity contribution in [2.45, 2.75) is 12.5 Å². The van der Waals surface area contributed by atoms with Gasteiger partial charge in [0.2, 0.25) is 0 Å². The van der Waals surface area contributed by atoms with Gasteiger partial charge in [-0.2, -0.15) is 0 Å². The monoisotopic (exact) mass is 224 g/mol. The van der Waals surface area contributed by atoms with Crippen molar-refractivity contribution in [1.82, 2.24) is 4.98 Å². The standard InChI is InChI=1S/C15H14NO/c17-15(11-14-7-4-10-16-12-14)9-8-13-5-2-1-3-6-13/h1-10,12,15H,11H2. The van der Waals surface area contributed by atoms with Crippen LogP contribution in [0.1, 0.15) is 11.1 Å². The van der Waals surface area contributed by atoms with Gasteiger partial charge in [-0.05, 0) is 17.2 Å². The van der Waals surface area contributed by atoms with Gasteiger partial charge in [0.05, 0.1) is 0 Å². The topological polar surface area (TPSA) is 32.8 Å². The minimum absolute atomic E-state index is 0.483. The van der Waals surface area contributed by atoms with Crippen molar-refractivity contribution in [2.24, 2.45) is 0 Å². The quantitative estimate of drug-likeness (QED) is 0.785. The Bertz CT molecular complexity index is 465. The van der Waals surface area contributed by atoms with Crippen LogP contribution < -0.4 is 0 Å². The zero-order chi connectivity index (χ0) is 11.9. The van der Waals surface area contributed by atoms with Gasteiger partial charge in [-0.3, -0.25) is 4.98 Å². The third-order valence-corrected chi connectivity index (χ3v) is 2.46. The highest BCUT2D eigenvalue weighted by Gasteiger charge is 2.02. The molecule has 0 saturated heterocycles. The molecule has 0 aliphatic heterocycles. The minimum Gasteiger partial charge on any atom is -0.264 e. The Morgan fingerprint density at radius 1 is 1.12 bits per heavy atom. The van der Waals surface area contributed by atoms with Gasteiger partial charge in [0, 0.05) is 18.8 Å². The zero-order valence-corrected chi connectivity index (χ0v) is 9.49. The number of benzene rings is 1. The molecule has 0 amide bonds. The van der Waals surface area contributed by atoms with E-state index in [9.17, 15) is 5.11 Å². The van der Waals surface area contributed by atoms with Gasteiger partial charge in [0.1, 0.15) is 6.10 Å². The molecule has 0 N–H and O–H groups in total. The van der Waals surface area contributed by atoms with Crippen LogP contribution in [0.5, 0.6) is 0 Å². The number of rotatable bonds is 4. The molecule has 2 nitrogen and oxygen atoms in total. The summed E-state index contributed by atoms with van der Waals surface area (Å²) in [5, 5.41) is 11.8. The van der Waals surface area contributed by atoms with E-state index in [1.54, 1.807) is 18.5 Å². The van der Waals surface area contributed by atoms with Gasteiger partial charge in [0.15, 0.2) is 0 Å². The fourth-order valence-electron chi connectivity index (χ4n) is 1.60. The zero-order valence-electron chi connectivity index (χ0n) is 9.49. The summed E-state index contributed by atoms with van der Waals surface area (Å²) in [6.07, 6.45) is 6.78. The van der Waals surface area contributed by atoms with E-state index < -0.39 is 6.10 Å². The van der Waals surface area contributed by atoms with Gasteiger partial charge in [-0.1, -0.05) is 48.6 Å². The third-order valence-electron chi connectivity index (χ3n) is 2.46. The molecule has 1 atom stereocenters. The molecule has 1 heterocycles. The van der Waals surface area contributed by atoms with Crippen molar-refractivity contribution >= 4 is 6.08 Å². The third kappa shape index (κ3) is 3.85. The highest BCUT2D eigenvalue weighted by Crippen LogP contribution is 2.06. The Morgan fingerprint density at radius 2 is 1.94 bits per heavy atom. The van der Waals surface area contributed by atoms with Gasteiger partial charge in [0.25, 0.3) is 0 Å². The van der Waals surface area contributed by atoms with Crippen molar-refractivity contribution < 1.29 is 5.11 Å². The first kappa shape index (κ1) is 11.6. The average Bonchev–Trinajstić information content (AvgIpc) is 2.39. The molecule has 1 aromatic heterocycles. The fourth-order valence-corrected chi connectivity index (χ4v) is 1.60. The maximum atomic E-state index is 11.8. The molecule has 0 bridgehead atoms. The lowest BCUT2D eigenvalue weighted by Crippen LogP contribution is -2.04. The summed E-state index contributed by atoms with van der Waals surface area (Å²) in [4.78, 5) is 3.99. The van der Waals surface area contributed by atoms with E-state index in [1.165, 1.54) is 0 Å². The van der Waals surface area contributed by atoms with E-state index >= 15 is 0 Å². The number of hydrogen-bond donors (Lipinski definition) is 0. The van der Waals surface area contributed by atoms with E-state index in [0.717, 1.165) is 11.1 Å². The second kappa shape index (κ2) is 5.97. The SMILES string of the molecule is [O]C(C=Cc1ccccc1)Cc1cccnc1. The van der Waals surface area contributed by atoms with Crippen LogP contribution in [0.2, 0.25) is 0 Å². The minimum atomic E-state index is -0.723. The normalized spacial score (nSPS) is 12.8. The Kier molecular flexibility index (Phi) is 4.05. The maximum Gasteiger partial charge on any atom is 0.115 e. The van der Waals surface area contributed by atoms with Crippen LogP contribution in [0.4, 0.5) is 0 Å². The Labute approximate surface area is 101 Å². The number of nitrogens with zero attached hydrogens (tertiary/aromatic N) is 1. The summed E-state index contributed by atoms with van der Waals surface area (Å²) >= 11 is 0. The van der Waals surface area contributed by atoms with E-state index in [1.807, 2.05) is 48.5 Å². The van der Waals surface area contributed by atoms with Gasteiger partial charge in [-0.15, -0.1) is 0 Å². The molecule has 2 aromatic rings. The van der Waals surface area contributed by atoms with Crippen molar-refractivity contribution in [1.29, 1.82) is 0 Å². The predicted molar refractivity (Wildman–Crippen MR) is 67.9 cm³/mol. The van der Waals surface area contributed by atoms with Gasteiger partial charge < -0.3 is 0 Å². The molecule has 2 heteroatoms. The van der Waals surface area contributed by atoms with Crippen LogP contribution in [0.3, 0.4) is 0 Å². The molecule has 0 fully saturated rings. The molecule has 1 unspecified atom stereocenters. The molecule has 2 rings (SSSR count). The van der Waals surface area contributed by atoms with Crippen LogP contribution in [-0.4, -0.2) is 11.1 Å². The lowest BCUT2D eigenvalue weighted by Gasteiger charge is -2.02. The smallest absolute Gasteiger partial charge is 0.115 e. The second-order valence-corrected chi connectivity index (χ2v) is 3.87. The predicted octanol–water partition coefficient (Wildman–Crippen LogP) is 3.14. The van der Waals surface area contributed by atoms with Crippen molar-refractivity contribution in [3.05, 3.63) is 72.1 Å². The number of hydrogen-bond acceptors (Lipinski definition) is 1. The van der Waals surface area contributed by atoms with E-state index in [2.05, 4.69) is 4.98 Å². The Balaban J connectivity index is 1.94. The van der Waals surface area contributed by atoms with Gasteiger partial charge in [-0.25, -0.2) is 5.11 Å². The fraction of sp³-hybridized carbons (Fsp3) is 0.133. The summed E-state index contributed by atoms with van der Waals surface area (Å²) < 4.78 is 0. The van der Waals surface area contributed by atoms with Gasteiger partial charge >= 0.3 is 0 Å². The maximum absolute atomic E-state index is 11.8. The first-order valence-corrected chi connectivity index (χ1v) is 5.62. The first-order chi connectivity index (χ1) is 8.34. The Morgan fingerprint density at radius 3 is 2.65 bits per heavy atom. The van der Waals surface area contributed by atoms with Crippen LogP contribution in [-0.2, 0) is 11.5 Å². The van der Waals surface area contributed by atoms with Crippen LogP contribution >= 0.6 is 0 Å². The molecule has 85 valence electrons. The molecule has 1 aromatic carbocycles. The summed E-state index contributed by atoms with van der Waals surface area (Å²) in [5.74, 6) is 0. The lowest BCUT2D eigenvalue weighted by atomic mass is 10.1. The summed E-state index contributed by atoms with van der Waals surface area (Å²) in [6, 6.07) is 13.6. The molecule has 17 heavy (non-hydrogen) atoms. The second-order valence-electron chi connectivity index (χ2n) is 3.87. The van der Waals surface area contributed by atoms with Crippen LogP contribution in [0, 0.1) is 0 Å². The molecule has 0 saturated carbocycles. The largest absolute Gasteiger partial charge is 0.264 e. The lowest BCUT2D eigenvalue weighted by molar-refractivity contribution is 0.131.